The average Bonchev–Trinajstić information content (AvgIpc) is 2.59. The summed E-state index contributed by atoms with van der Waals surface area (Å²) in [4.78, 5) is 20.7. The zero-order valence-electron chi connectivity index (χ0n) is 16.3. The summed E-state index contributed by atoms with van der Waals surface area (Å²) >= 11 is 0. The molecular formula is C22H40O3. The Morgan fingerprint density at radius 3 is 1.36 bits per heavy atom. The van der Waals surface area contributed by atoms with Gasteiger partial charge in [0.25, 0.3) is 0 Å². The Morgan fingerprint density at radius 1 is 0.640 bits per heavy atom. The van der Waals surface area contributed by atoms with Crippen LogP contribution in [0.3, 0.4) is 0 Å². The van der Waals surface area contributed by atoms with Gasteiger partial charge in [-0.25, -0.2) is 0 Å². The number of carboxylic acids is 1. The molecular weight excluding hydrogens is 312 g/mol. The van der Waals surface area contributed by atoms with Gasteiger partial charge in [-0.3, -0.25) is 4.79 Å². The number of carboxylic acid groups (broad SMARTS) is 1. The molecule has 0 aliphatic heterocycles. The first kappa shape index (κ1) is 23.9. The summed E-state index contributed by atoms with van der Waals surface area (Å²) in [5.41, 5.74) is 1.23. The number of hydrogen-bond donors (Lipinski definition) is 1. The smallest absolute Gasteiger partial charge is 0.303 e. The second kappa shape index (κ2) is 19.2. The van der Waals surface area contributed by atoms with Gasteiger partial charge in [0.15, 0.2) is 0 Å². The minimum absolute atomic E-state index is 0.328. The van der Waals surface area contributed by atoms with Crippen molar-refractivity contribution in [3.63, 3.8) is 0 Å². The van der Waals surface area contributed by atoms with Crippen molar-refractivity contribution in [3.05, 3.63) is 12.2 Å². The topological polar surface area (TPSA) is 54.4 Å². The lowest BCUT2D eigenvalue weighted by molar-refractivity contribution is -0.137. The highest BCUT2D eigenvalue weighted by Crippen LogP contribution is 2.15. The van der Waals surface area contributed by atoms with Crippen molar-refractivity contribution in [1.82, 2.24) is 0 Å². The first-order valence-electron chi connectivity index (χ1n) is 10.5. The molecule has 3 nitrogen and oxygen atoms in total. The van der Waals surface area contributed by atoms with Crippen molar-refractivity contribution in [2.45, 2.75) is 116 Å². The zero-order chi connectivity index (χ0) is 18.6. The lowest BCUT2D eigenvalue weighted by Crippen LogP contribution is -1.93. The SMILES string of the molecule is C=C(CCC=O)CCCCCCCCCCCCCCCCC(=O)O. The highest BCUT2D eigenvalue weighted by Gasteiger charge is 1.98. The van der Waals surface area contributed by atoms with Crippen LogP contribution in [-0.4, -0.2) is 17.4 Å². The van der Waals surface area contributed by atoms with Gasteiger partial charge in [-0.05, 0) is 25.7 Å². The molecule has 0 aromatic rings. The van der Waals surface area contributed by atoms with E-state index in [4.69, 9.17) is 5.11 Å². The zero-order valence-corrected chi connectivity index (χ0v) is 16.3. The minimum Gasteiger partial charge on any atom is -0.481 e. The van der Waals surface area contributed by atoms with E-state index in [2.05, 4.69) is 6.58 Å². The van der Waals surface area contributed by atoms with E-state index in [0.29, 0.717) is 12.8 Å². The maximum atomic E-state index is 10.4. The average molecular weight is 353 g/mol. The minimum atomic E-state index is -0.667. The van der Waals surface area contributed by atoms with E-state index >= 15 is 0 Å². The van der Waals surface area contributed by atoms with Crippen molar-refractivity contribution in [1.29, 1.82) is 0 Å². The third-order valence-corrected chi connectivity index (χ3v) is 4.79. The summed E-state index contributed by atoms with van der Waals surface area (Å²) in [6.07, 6.45) is 21.5. The molecule has 0 saturated carbocycles. The van der Waals surface area contributed by atoms with Gasteiger partial charge in [-0.2, -0.15) is 0 Å². The molecule has 0 aliphatic carbocycles. The molecule has 1 N–H and O–H groups in total. The van der Waals surface area contributed by atoms with E-state index in [1.807, 2.05) is 0 Å². The largest absolute Gasteiger partial charge is 0.481 e. The number of rotatable bonds is 20. The Labute approximate surface area is 155 Å². The molecule has 0 radical (unpaired) electrons. The second-order valence-corrected chi connectivity index (χ2v) is 7.30. The maximum absolute atomic E-state index is 10.4. The Balaban J connectivity index is 3.08. The van der Waals surface area contributed by atoms with Gasteiger partial charge in [0.2, 0.25) is 0 Å². The van der Waals surface area contributed by atoms with Gasteiger partial charge in [-0.15, -0.1) is 0 Å². The molecule has 0 unspecified atom stereocenters. The normalized spacial score (nSPS) is 10.7. The van der Waals surface area contributed by atoms with Gasteiger partial charge >= 0.3 is 5.97 Å². The molecule has 0 aromatic heterocycles. The van der Waals surface area contributed by atoms with Gasteiger partial charge in [0, 0.05) is 12.8 Å². The van der Waals surface area contributed by atoms with Crippen LogP contribution < -0.4 is 0 Å². The van der Waals surface area contributed by atoms with Crippen LogP contribution in [0.2, 0.25) is 0 Å². The van der Waals surface area contributed by atoms with Crippen LogP contribution in [-0.2, 0) is 9.59 Å². The molecule has 0 saturated heterocycles. The number of unbranched alkanes of at least 4 members (excludes halogenated alkanes) is 13. The van der Waals surface area contributed by atoms with Crippen molar-refractivity contribution in [3.8, 4) is 0 Å². The van der Waals surface area contributed by atoms with Gasteiger partial charge in [0.1, 0.15) is 6.29 Å². The number of carbonyl (C=O) groups excluding carboxylic acids is 1. The molecule has 0 heterocycles. The molecule has 146 valence electrons. The first-order valence-corrected chi connectivity index (χ1v) is 10.5. The van der Waals surface area contributed by atoms with E-state index in [-0.39, 0.29) is 0 Å². The lowest BCUT2D eigenvalue weighted by atomic mass is 10.0. The Hall–Kier alpha value is -1.12. The fraction of sp³-hybridized carbons (Fsp3) is 0.818. The Kier molecular flexibility index (Phi) is 18.3. The molecule has 0 fully saturated rings. The number of hydrogen-bond acceptors (Lipinski definition) is 2. The van der Waals surface area contributed by atoms with E-state index in [1.54, 1.807) is 0 Å². The summed E-state index contributed by atoms with van der Waals surface area (Å²) in [7, 11) is 0. The molecule has 0 rings (SSSR count). The fourth-order valence-electron chi connectivity index (χ4n) is 3.16. The number of carbonyl (C=O) groups is 2. The monoisotopic (exact) mass is 352 g/mol. The molecule has 0 amide bonds. The summed E-state index contributed by atoms with van der Waals surface area (Å²) in [5.74, 6) is -0.667. The first-order chi connectivity index (χ1) is 12.2. The van der Waals surface area contributed by atoms with Crippen molar-refractivity contribution < 1.29 is 14.7 Å². The van der Waals surface area contributed by atoms with Crippen LogP contribution in [0.4, 0.5) is 0 Å². The second-order valence-electron chi connectivity index (χ2n) is 7.30. The number of allylic oxidation sites excluding steroid dienone is 1. The Morgan fingerprint density at radius 2 is 1.00 bits per heavy atom. The van der Waals surface area contributed by atoms with E-state index in [0.717, 1.165) is 32.0 Å². The highest BCUT2D eigenvalue weighted by atomic mass is 16.4. The lowest BCUT2D eigenvalue weighted by Gasteiger charge is -2.04. The quantitative estimate of drug-likeness (QED) is 0.148. The van der Waals surface area contributed by atoms with E-state index < -0.39 is 5.97 Å². The van der Waals surface area contributed by atoms with Gasteiger partial charge in [0.05, 0.1) is 0 Å². The molecule has 0 aromatic carbocycles. The summed E-state index contributed by atoms with van der Waals surface area (Å²) in [6, 6.07) is 0. The third kappa shape index (κ3) is 20.8. The summed E-state index contributed by atoms with van der Waals surface area (Å²) in [6.45, 7) is 4.02. The van der Waals surface area contributed by atoms with E-state index in [1.165, 1.54) is 82.6 Å². The molecule has 0 spiro atoms. The van der Waals surface area contributed by atoms with Crippen LogP contribution in [0, 0.1) is 0 Å². The maximum Gasteiger partial charge on any atom is 0.303 e. The van der Waals surface area contributed by atoms with Crippen LogP contribution in [0.5, 0.6) is 0 Å². The summed E-state index contributed by atoms with van der Waals surface area (Å²) < 4.78 is 0. The van der Waals surface area contributed by atoms with Gasteiger partial charge < -0.3 is 9.90 Å². The predicted molar refractivity (Wildman–Crippen MR) is 106 cm³/mol. The van der Waals surface area contributed by atoms with Crippen molar-refractivity contribution in [2.75, 3.05) is 0 Å². The number of aliphatic carboxylic acids is 1. The number of aldehydes is 1. The van der Waals surface area contributed by atoms with Gasteiger partial charge in [-0.1, -0.05) is 89.2 Å². The Bertz CT molecular complexity index is 336. The standard InChI is InChI=1S/C22H40O3/c1-21(18-16-20-23)17-14-12-10-8-6-4-2-3-5-7-9-11-13-15-19-22(24)25/h20H,1-19H2,(H,24,25). The van der Waals surface area contributed by atoms with E-state index in [9.17, 15) is 9.59 Å². The molecule has 0 aliphatic rings. The van der Waals surface area contributed by atoms with Crippen molar-refractivity contribution in [2.24, 2.45) is 0 Å². The third-order valence-electron chi connectivity index (χ3n) is 4.79. The fourth-order valence-corrected chi connectivity index (χ4v) is 3.16. The van der Waals surface area contributed by atoms with Crippen LogP contribution in [0.15, 0.2) is 12.2 Å². The molecule has 25 heavy (non-hydrogen) atoms. The molecule has 3 heteroatoms. The summed E-state index contributed by atoms with van der Waals surface area (Å²) in [5, 5.41) is 8.55. The highest BCUT2D eigenvalue weighted by molar-refractivity contribution is 5.66. The van der Waals surface area contributed by atoms with Crippen molar-refractivity contribution >= 4 is 12.3 Å². The predicted octanol–water partition coefficient (Wildman–Crippen LogP) is 6.85. The molecule has 0 bridgehead atoms. The van der Waals surface area contributed by atoms with Crippen LogP contribution >= 0.6 is 0 Å². The van der Waals surface area contributed by atoms with Crippen LogP contribution in [0.25, 0.3) is 0 Å². The molecule has 0 atom stereocenters. The van der Waals surface area contributed by atoms with Crippen LogP contribution in [0.1, 0.15) is 116 Å².